The largest absolute Gasteiger partial charge is 0.492 e. The first-order chi connectivity index (χ1) is 8.70. The topological polar surface area (TPSA) is 36.3 Å². The lowest BCUT2D eigenvalue weighted by Crippen LogP contribution is -2.25. The molecule has 1 saturated heterocycles. The Morgan fingerprint density at radius 3 is 2.39 bits per heavy atom. The summed E-state index contributed by atoms with van der Waals surface area (Å²) in [5.41, 5.74) is 2.80. The molecule has 0 unspecified atom stereocenters. The Hall–Kier alpha value is -1.53. The van der Waals surface area contributed by atoms with E-state index in [2.05, 4.69) is 11.0 Å². The molecule has 0 spiro atoms. The summed E-state index contributed by atoms with van der Waals surface area (Å²) in [4.78, 5) is 2.44. The standard InChI is InChI=1S/C15H20N2O/c1-12-9-14(11-16)10-13(2)15(12)18-8-7-17-5-3-4-6-17/h9-10H,3-8H2,1-2H3. The zero-order valence-electron chi connectivity index (χ0n) is 11.2. The third kappa shape index (κ3) is 3.02. The molecule has 1 fully saturated rings. The highest BCUT2D eigenvalue weighted by atomic mass is 16.5. The maximum Gasteiger partial charge on any atom is 0.125 e. The van der Waals surface area contributed by atoms with Gasteiger partial charge in [0.05, 0.1) is 11.6 Å². The van der Waals surface area contributed by atoms with Crippen molar-refractivity contribution < 1.29 is 4.74 Å². The number of aryl methyl sites for hydroxylation is 2. The van der Waals surface area contributed by atoms with Gasteiger partial charge < -0.3 is 4.74 Å². The summed E-state index contributed by atoms with van der Waals surface area (Å²) in [6.07, 6.45) is 2.63. The van der Waals surface area contributed by atoms with Crippen LogP contribution in [-0.2, 0) is 0 Å². The number of hydrogen-bond donors (Lipinski definition) is 0. The fraction of sp³-hybridized carbons (Fsp3) is 0.533. The molecule has 18 heavy (non-hydrogen) atoms. The van der Waals surface area contributed by atoms with E-state index >= 15 is 0 Å². The summed E-state index contributed by atoms with van der Waals surface area (Å²) in [6, 6.07) is 5.95. The molecular weight excluding hydrogens is 224 g/mol. The summed E-state index contributed by atoms with van der Waals surface area (Å²) >= 11 is 0. The third-order valence-electron chi connectivity index (χ3n) is 3.44. The summed E-state index contributed by atoms with van der Waals surface area (Å²) in [5, 5.41) is 8.90. The lowest BCUT2D eigenvalue weighted by atomic mass is 10.1. The molecule has 0 aliphatic carbocycles. The Bertz CT molecular complexity index is 433. The van der Waals surface area contributed by atoms with Crippen LogP contribution in [-0.4, -0.2) is 31.1 Å². The van der Waals surface area contributed by atoms with Crippen LogP contribution in [0.4, 0.5) is 0 Å². The van der Waals surface area contributed by atoms with Gasteiger partial charge in [-0.2, -0.15) is 5.26 Å². The maximum absolute atomic E-state index is 8.90. The van der Waals surface area contributed by atoms with Crippen molar-refractivity contribution in [3.8, 4) is 11.8 Å². The second-order valence-electron chi connectivity index (χ2n) is 4.95. The van der Waals surface area contributed by atoms with Crippen LogP contribution in [0.15, 0.2) is 12.1 Å². The quantitative estimate of drug-likeness (QED) is 0.817. The smallest absolute Gasteiger partial charge is 0.125 e. The number of ether oxygens (including phenoxy) is 1. The number of benzene rings is 1. The molecule has 0 amide bonds. The Balaban J connectivity index is 1.94. The molecule has 96 valence electrons. The van der Waals surface area contributed by atoms with Crippen LogP contribution in [0.2, 0.25) is 0 Å². The first-order valence-corrected chi connectivity index (χ1v) is 6.57. The van der Waals surface area contributed by atoms with Crippen LogP contribution in [0.5, 0.6) is 5.75 Å². The van der Waals surface area contributed by atoms with E-state index in [0.717, 1.165) is 30.0 Å². The van der Waals surface area contributed by atoms with Crippen molar-refractivity contribution in [1.29, 1.82) is 5.26 Å². The number of hydrogen-bond acceptors (Lipinski definition) is 3. The normalized spacial score (nSPS) is 15.6. The average Bonchev–Trinajstić information content (AvgIpc) is 2.85. The highest BCUT2D eigenvalue weighted by Gasteiger charge is 2.12. The molecule has 1 aromatic rings. The van der Waals surface area contributed by atoms with Gasteiger partial charge in [0.15, 0.2) is 0 Å². The monoisotopic (exact) mass is 244 g/mol. The lowest BCUT2D eigenvalue weighted by molar-refractivity contribution is 0.236. The van der Waals surface area contributed by atoms with Crippen LogP contribution in [0.25, 0.3) is 0 Å². The summed E-state index contributed by atoms with van der Waals surface area (Å²) in [7, 11) is 0. The van der Waals surface area contributed by atoms with E-state index in [1.54, 1.807) is 0 Å². The molecule has 1 aliphatic heterocycles. The highest BCUT2D eigenvalue weighted by molar-refractivity contribution is 5.47. The second-order valence-corrected chi connectivity index (χ2v) is 4.95. The molecule has 3 heteroatoms. The molecule has 1 aliphatic rings. The SMILES string of the molecule is Cc1cc(C#N)cc(C)c1OCCN1CCCC1. The highest BCUT2D eigenvalue weighted by Crippen LogP contribution is 2.24. The molecule has 1 heterocycles. The van der Waals surface area contributed by atoms with Gasteiger partial charge in [-0.3, -0.25) is 4.90 Å². The average molecular weight is 244 g/mol. The number of nitriles is 1. The molecule has 0 N–H and O–H groups in total. The molecule has 0 aromatic heterocycles. The van der Waals surface area contributed by atoms with E-state index in [4.69, 9.17) is 10.00 Å². The van der Waals surface area contributed by atoms with E-state index < -0.39 is 0 Å². The van der Waals surface area contributed by atoms with Gasteiger partial charge >= 0.3 is 0 Å². The number of rotatable bonds is 4. The van der Waals surface area contributed by atoms with Gasteiger partial charge in [-0.15, -0.1) is 0 Å². The van der Waals surface area contributed by atoms with Crippen LogP contribution < -0.4 is 4.74 Å². The Morgan fingerprint density at radius 2 is 1.83 bits per heavy atom. The molecule has 2 rings (SSSR count). The van der Waals surface area contributed by atoms with Gasteiger partial charge in [0.2, 0.25) is 0 Å². The Kier molecular flexibility index (Phi) is 4.22. The van der Waals surface area contributed by atoms with Gasteiger partial charge in [0, 0.05) is 6.54 Å². The molecule has 0 atom stereocenters. The van der Waals surface area contributed by atoms with Crippen molar-refractivity contribution >= 4 is 0 Å². The minimum Gasteiger partial charge on any atom is -0.492 e. The second kappa shape index (κ2) is 5.88. The molecule has 3 nitrogen and oxygen atoms in total. The van der Waals surface area contributed by atoms with E-state index in [0.29, 0.717) is 5.56 Å². The van der Waals surface area contributed by atoms with Crippen LogP contribution in [0.3, 0.4) is 0 Å². The molecule has 0 bridgehead atoms. The Morgan fingerprint density at radius 1 is 1.22 bits per heavy atom. The minimum absolute atomic E-state index is 0.705. The Labute approximate surface area is 109 Å². The fourth-order valence-electron chi connectivity index (χ4n) is 2.53. The molecule has 0 saturated carbocycles. The summed E-state index contributed by atoms with van der Waals surface area (Å²) in [6.45, 7) is 8.13. The van der Waals surface area contributed by atoms with E-state index in [-0.39, 0.29) is 0 Å². The zero-order chi connectivity index (χ0) is 13.0. The first-order valence-electron chi connectivity index (χ1n) is 6.57. The van der Waals surface area contributed by atoms with E-state index in [9.17, 15) is 0 Å². The lowest BCUT2D eigenvalue weighted by Gasteiger charge is -2.17. The predicted octanol–water partition coefficient (Wildman–Crippen LogP) is 2.65. The molecular formula is C15H20N2O. The van der Waals surface area contributed by atoms with Crippen molar-refractivity contribution in [2.75, 3.05) is 26.2 Å². The summed E-state index contributed by atoms with van der Waals surface area (Å²) < 4.78 is 5.88. The molecule has 0 radical (unpaired) electrons. The zero-order valence-corrected chi connectivity index (χ0v) is 11.2. The maximum atomic E-state index is 8.90. The summed E-state index contributed by atoms with van der Waals surface area (Å²) in [5.74, 6) is 0.938. The number of nitrogens with zero attached hydrogens (tertiary/aromatic N) is 2. The van der Waals surface area contributed by atoms with Gasteiger partial charge in [0.1, 0.15) is 12.4 Å². The van der Waals surface area contributed by atoms with Crippen molar-refractivity contribution in [3.05, 3.63) is 28.8 Å². The fourth-order valence-corrected chi connectivity index (χ4v) is 2.53. The van der Waals surface area contributed by atoms with Crippen LogP contribution >= 0.6 is 0 Å². The van der Waals surface area contributed by atoms with Gasteiger partial charge in [-0.1, -0.05) is 0 Å². The van der Waals surface area contributed by atoms with Crippen LogP contribution in [0, 0.1) is 25.2 Å². The van der Waals surface area contributed by atoms with Gasteiger partial charge in [-0.25, -0.2) is 0 Å². The van der Waals surface area contributed by atoms with Crippen LogP contribution in [0.1, 0.15) is 29.5 Å². The van der Waals surface area contributed by atoms with Gasteiger partial charge in [0.25, 0.3) is 0 Å². The van der Waals surface area contributed by atoms with Gasteiger partial charge in [-0.05, 0) is 63.0 Å². The van der Waals surface area contributed by atoms with Crippen molar-refractivity contribution in [2.45, 2.75) is 26.7 Å². The first kappa shape index (κ1) is 12.9. The van der Waals surface area contributed by atoms with Crippen molar-refractivity contribution in [3.63, 3.8) is 0 Å². The number of likely N-dealkylation sites (tertiary alicyclic amines) is 1. The minimum atomic E-state index is 0.705. The third-order valence-corrected chi connectivity index (χ3v) is 3.44. The van der Waals surface area contributed by atoms with E-state index in [1.165, 1.54) is 25.9 Å². The van der Waals surface area contributed by atoms with E-state index in [1.807, 2.05) is 26.0 Å². The van der Waals surface area contributed by atoms with Crippen molar-refractivity contribution in [1.82, 2.24) is 4.90 Å². The molecule has 1 aromatic carbocycles. The van der Waals surface area contributed by atoms with Crippen molar-refractivity contribution in [2.24, 2.45) is 0 Å². The predicted molar refractivity (Wildman–Crippen MR) is 71.8 cm³/mol.